The lowest BCUT2D eigenvalue weighted by Gasteiger charge is -2.43. The first kappa shape index (κ1) is 15.9. The van der Waals surface area contributed by atoms with Crippen LogP contribution in [0.2, 0.25) is 0 Å². The van der Waals surface area contributed by atoms with Gasteiger partial charge in [-0.2, -0.15) is 0 Å². The van der Waals surface area contributed by atoms with Crippen molar-refractivity contribution in [2.45, 2.75) is 50.4 Å². The molecule has 5 heteroatoms. The first-order valence-electron chi connectivity index (χ1n) is 9.16. The van der Waals surface area contributed by atoms with Crippen molar-refractivity contribution in [3.8, 4) is 5.75 Å². The Labute approximate surface area is 143 Å². The number of nitrogens with zero attached hydrogens (tertiary/aromatic N) is 1. The lowest BCUT2D eigenvalue weighted by Crippen LogP contribution is -2.55. The number of carbonyl (C=O) groups is 1. The van der Waals surface area contributed by atoms with Crippen LogP contribution in [0.15, 0.2) is 24.3 Å². The zero-order valence-corrected chi connectivity index (χ0v) is 14.1. The van der Waals surface area contributed by atoms with Crippen LogP contribution in [0.1, 0.15) is 31.2 Å². The Morgan fingerprint density at radius 1 is 1.25 bits per heavy atom. The van der Waals surface area contributed by atoms with Gasteiger partial charge in [-0.1, -0.05) is 31.0 Å². The van der Waals surface area contributed by atoms with Gasteiger partial charge in [0, 0.05) is 19.0 Å². The van der Waals surface area contributed by atoms with Crippen LogP contribution in [-0.2, 0) is 16.0 Å². The predicted molar refractivity (Wildman–Crippen MR) is 91.1 cm³/mol. The monoisotopic (exact) mass is 330 g/mol. The molecule has 0 aromatic heterocycles. The van der Waals surface area contributed by atoms with Crippen molar-refractivity contribution in [1.29, 1.82) is 0 Å². The summed E-state index contributed by atoms with van der Waals surface area (Å²) in [7, 11) is 0. The number of ether oxygens (including phenoxy) is 2. The molecule has 2 aliphatic heterocycles. The highest BCUT2D eigenvalue weighted by molar-refractivity contribution is 5.78. The van der Waals surface area contributed by atoms with Gasteiger partial charge in [-0.15, -0.1) is 0 Å². The van der Waals surface area contributed by atoms with E-state index < -0.39 is 0 Å². The van der Waals surface area contributed by atoms with Crippen LogP contribution in [0.3, 0.4) is 0 Å². The fourth-order valence-electron chi connectivity index (χ4n) is 4.21. The Bertz CT molecular complexity index is 565. The highest BCUT2D eigenvalue weighted by atomic mass is 16.5. The topological polar surface area (TPSA) is 50.8 Å². The molecule has 3 atom stereocenters. The summed E-state index contributed by atoms with van der Waals surface area (Å²) in [5.41, 5.74) is 1.23. The number of benzene rings is 1. The molecule has 1 aliphatic carbocycles. The molecule has 1 saturated carbocycles. The van der Waals surface area contributed by atoms with E-state index in [9.17, 15) is 4.79 Å². The number of amides is 1. The molecule has 1 saturated heterocycles. The van der Waals surface area contributed by atoms with Crippen molar-refractivity contribution in [1.82, 2.24) is 10.2 Å². The van der Waals surface area contributed by atoms with Crippen molar-refractivity contribution < 1.29 is 14.3 Å². The number of rotatable bonds is 4. The number of hydrogen-bond donors (Lipinski definition) is 1. The van der Waals surface area contributed by atoms with Gasteiger partial charge >= 0.3 is 0 Å². The van der Waals surface area contributed by atoms with Crippen LogP contribution in [0.5, 0.6) is 5.75 Å². The number of nitrogens with one attached hydrogen (secondary N) is 1. The predicted octanol–water partition coefficient (Wildman–Crippen LogP) is 1.75. The largest absolute Gasteiger partial charge is 0.488 e. The summed E-state index contributed by atoms with van der Waals surface area (Å²) in [6, 6.07) is 8.52. The summed E-state index contributed by atoms with van der Waals surface area (Å²) < 4.78 is 11.8. The molecule has 24 heavy (non-hydrogen) atoms. The van der Waals surface area contributed by atoms with Gasteiger partial charge in [0.2, 0.25) is 5.91 Å². The average Bonchev–Trinajstić information content (AvgIpc) is 3.03. The fourth-order valence-corrected chi connectivity index (χ4v) is 4.21. The van der Waals surface area contributed by atoms with E-state index in [1.54, 1.807) is 0 Å². The molecule has 4 rings (SSSR count). The third kappa shape index (κ3) is 3.42. The smallest absolute Gasteiger partial charge is 0.234 e. The highest BCUT2D eigenvalue weighted by Gasteiger charge is 2.35. The molecular formula is C19H26N2O3. The Kier molecular flexibility index (Phi) is 4.72. The van der Waals surface area contributed by atoms with E-state index in [-0.39, 0.29) is 12.0 Å². The van der Waals surface area contributed by atoms with Gasteiger partial charge in [0.1, 0.15) is 11.9 Å². The zero-order valence-electron chi connectivity index (χ0n) is 14.1. The van der Waals surface area contributed by atoms with Crippen LogP contribution >= 0.6 is 0 Å². The van der Waals surface area contributed by atoms with Gasteiger partial charge in [0.15, 0.2) is 0 Å². The summed E-state index contributed by atoms with van der Waals surface area (Å²) in [5, 5.41) is 3.06. The van der Waals surface area contributed by atoms with Crippen LogP contribution in [-0.4, -0.2) is 55.3 Å². The van der Waals surface area contributed by atoms with Crippen molar-refractivity contribution in [2.24, 2.45) is 0 Å². The molecule has 0 spiro atoms. The Morgan fingerprint density at radius 2 is 2.12 bits per heavy atom. The van der Waals surface area contributed by atoms with E-state index in [1.807, 2.05) is 18.2 Å². The number of fused-ring (bicyclic) bond motifs is 2. The number of carbonyl (C=O) groups excluding carboxylic acids is 1. The van der Waals surface area contributed by atoms with E-state index in [0.29, 0.717) is 25.2 Å². The van der Waals surface area contributed by atoms with Crippen molar-refractivity contribution in [3.05, 3.63) is 29.8 Å². The van der Waals surface area contributed by atoms with Gasteiger partial charge in [-0.25, -0.2) is 0 Å². The molecule has 0 radical (unpaired) electrons. The van der Waals surface area contributed by atoms with Gasteiger partial charge in [-0.05, 0) is 24.5 Å². The summed E-state index contributed by atoms with van der Waals surface area (Å²) in [6.45, 7) is 2.66. The molecule has 130 valence electrons. The molecule has 1 N–H and O–H groups in total. The summed E-state index contributed by atoms with van der Waals surface area (Å²) in [4.78, 5) is 14.7. The van der Waals surface area contributed by atoms with Gasteiger partial charge < -0.3 is 14.8 Å². The Morgan fingerprint density at radius 3 is 3.04 bits per heavy atom. The van der Waals surface area contributed by atoms with Crippen LogP contribution in [0, 0.1) is 0 Å². The third-order valence-electron chi connectivity index (χ3n) is 5.43. The number of para-hydroxylation sites is 1. The zero-order chi connectivity index (χ0) is 16.4. The third-order valence-corrected chi connectivity index (χ3v) is 5.43. The lowest BCUT2D eigenvalue weighted by molar-refractivity contribution is -0.129. The Hall–Kier alpha value is -1.59. The van der Waals surface area contributed by atoms with Crippen molar-refractivity contribution in [3.63, 3.8) is 0 Å². The SMILES string of the molecule is O=C(CN1CCO[C@@H]2CCCC[C@H]21)NC[C@H]1Cc2ccccc2O1. The van der Waals surface area contributed by atoms with Crippen LogP contribution in [0.25, 0.3) is 0 Å². The molecule has 2 heterocycles. The van der Waals surface area contributed by atoms with E-state index in [2.05, 4.69) is 16.3 Å². The molecule has 1 amide bonds. The highest BCUT2D eigenvalue weighted by Crippen LogP contribution is 2.29. The molecule has 3 aliphatic rings. The lowest BCUT2D eigenvalue weighted by atomic mass is 9.90. The number of morpholine rings is 1. The van der Waals surface area contributed by atoms with E-state index >= 15 is 0 Å². The summed E-state index contributed by atoms with van der Waals surface area (Å²) in [6.07, 6.45) is 6.04. The second-order valence-electron chi connectivity index (χ2n) is 7.09. The van der Waals surface area contributed by atoms with E-state index in [4.69, 9.17) is 9.47 Å². The van der Waals surface area contributed by atoms with Gasteiger partial charge in [-0.3, -0.25) is 9.69 Å². The standard InChI is InChI=1S/C19H26N2O3/c22-19(13-21-9-10-23-18-8-4-2-6-16(18)21)20-12-15-11-14-5-1-3-7-17(14)24-15/h1,3,5,7,15-16,18H,2,4,6,8-13H2,(H,20,22)/t15-,16-,18-/m1/s1. The van der Waals surface area contributed by atoms with E-state index in [1.165, 1.54) is 18.4 Å². The Balaban J connectivity index is 1.25. The minimum atomic E-state index is 0.0541. The minimum Gasteiger partial charge on any atom is -0.488 e. The van der Waals surface area contributed by atoms with Crippen molar-refractivity contribution >= 4 is 5.91 Å². The fraction of sp³-hybridized carbons (Fsp3) is 0.632. The molecule has 5 nitrogen and oxygen atoms in total. The van der Waals surface area contributed by atoms with Gasteiger partial charge in [0.25, 0.3) is 0 Å². The maximum absolute atomic E-state index is 12.4. The quantitative estimate of drug-likeness (QED) is 0.914. The first-order valence-corrected chi connectivity index (χ1v) is 9.16. The van der Waals surface area contributed by atoms with Crippen LogP contribution < -0.4 is 10.1 Å². The molecule has 0 bridgehead atoms. The maximum atomic E-state index is 12.4. The molecular weight excluding hydrogens is 304 g/mol. The maximum Gasteiger partial charge on any atom is 0.234 e. The average molecular weight is 330 g/mol. The first-order chi connectivity index (χ1) is 11.8. The van der Waals surface area contributed by atoms with Crippen molar-refractivity contribution in [2.75, 3.05) is 26.2 Å². The molecule has 1 aromatic rings. The second kappa shape index (κ2) is 7.11. The normalized spacial score (nSPS) is 29.4. The van der Waals surface area contributed by atoms with Crippen LogP contribution in [0.4, 0.5) is 0 Å². The van der Waals surface area contributed by atoms with E-state index in [0.717, 1.165) is 38.2 Å². The summed E-state index contributed by atoms with van der Waals surface area (Å²) in [5.74, 6) is 1.05. The van der Waals surface area contributed by atoms with Gasteiger partial charge in [0.05, 0.1) is 25.8 Å². The molecule has 1 aromatic carbocycles. The molecule has 2 fully saturated rings. The molecule has 0 unspecified atom stereocenters. The minimum absolute atomic E-state index is 0.0541. The summed E-state index contributed by atoms with van der Waals surface area (Å²) >= 11 is 0. The number of hydrogen-bond acceptors (Lipinski definition) is 4. The second-order valence-corrected chi connectivity index (χ2v) is 7.09.